The molecule has 0 spiro atoms. The molecule has 1 heterocycles. The van der Waals surface area contributed by atoms with E-state index >= 15 is 0 Å². The van der Waals surface area contributed by atoms with Crippen molar-refractivity contribution in [1.29, 1.82) is 0 Å². The van der Waals surface area contributed by atoms with Gasteiger partial charge in [0.25, 0.3) is 0 Å². The first kappa shape index (κ1) is 16.6. The topological polar surface area (TPSA) is 73.6 Å². The maximum Gasteiger partial charge on any atom is 0.226 e. The van der Waals surface area contributed by atoms with Gasteiger partial charge in [0.15, 0.2) is 0 Å². The molecule has 1 aromatic heterocycles. The molecule has 122 valence electrons. The highest BCUT2D eigenvalue weighted by Gasteiger charge is 2.34. The molecule has 1 aliphatic carbocycles. The average molecular weight is 306 g/mol. The van der Waals surface area contributed by atoms with Crippen LogP contribution in [0.5, 0.6) is 0 Å². The second kappa shape index (κ2) is 7.47. The Morgan fingerprint density at radius 1 is 1.36 bits per heavy atom. The van der Waals surface area contributed by atoms with Gasteiger partial charge in [0.1, 0.15) is 5.76 Å². The van der Waals surface area contributed by atoms with Crippen molar-refractivity contribution in [3.8, 4) is 0 Å². The van der Waals surface area contributed by atoms with Crippen LogP contribution in [-0.2, 0) is 16.0 Å². The fourth-order valence-electron chi connectivity index (χ4n) is 3.19. The first-order valence-corrected chi connectivity index (χ1v) is 8.00. The Kier molecular flexibility index (Phi) is 5.63. The lowest BCUT2D eigenvalue weighted by Gasteiger charge is -2.36. The number of amides is 1. The quantitative estimate of drug-likeness (QED) is 0.800. The van der Waals surface area contributed by atoms with Crippen LogP contribution in [0.1, 0.15) is 44.8 Å². The van der Waals surface area contributed by atoms with Crippen molar-refractivity contribution >= 4 is 11.9 Å². The first-order chi connectivity index (χ1) is 10.5. The number of carboxylic acid groups (broad SMARTS) is 1. The minimum Gasteiger partial charge on any atom is -0.550 e. The van der Waals surface area contributed by atoms with Gasteiger partial charge in [-0.25, -0.2) is 0 Å². The predicted octanol–water partition coefficient (Wildman–Crippen LogP) is 1.62. The molecule has 0 N–H and O–H groups in total. The van der Waals surface area contributed by atoms with Crippen molar-refractivity contribution in [3.05, 3.63) is 24.2 Å². The molecule has 5 heteroatoms. The molecule has 1 saturated carbocycles. The molecule has 0 saturated heterocycles. The van der Waals surface area contributed by atoms with Crippen LogP contribution < -0.4 is 5.11 Å². The van der Waals surface area contributed by atoms with E-state index in [2.05, 4.69) is 0 Å². The van der Waals surface area contributed by atoms with Gasteiger partial charge in [-0.1, -0.05) is 12.8 Å². The second-order valence-electron chi connectivity index (χ2n) is 6.23. The summed E-state index contributed by atoms with van der Waals surface area (Å²) in [5, 5.41) is 11.2. The highest BCUT2D eigenvalue weighted by atomic mass is 16.4. The fraction of sp³-hybridized carbons (Fsp3) is 0.647. The zero-order chi connectivity index (χ0) is 16.1. The number of rotatable bonds is 6. The van der Waals surface area contributed by atoms with E-state index < -0.39 is 17.8 Å². The molecule has 0 bridgehead atoms. The van der Waals surface area contributed by atoms with Crippen LogP contribution in [0.4, 0.5) is 0 Å². The van der Waals surface area contributed by atoms with Gasteiger partial charge in [-0.3, -0.25) is 4.79 Å². The van der Waals surface area contributed by atoms with Gasteiger partial charge in [0.05, 0.1) is 6.26 Å². The summed E-state index contributed by atoms with van der Waals surface area (Å²) in [6.45, 7) is 1.98. The highest BCUT2D eigenvalue weighted by Crippen LogP contribution is 2.31. The largest absolute Gasteiger partial charge is 0.550 e. The minimum absolute atomic E-state index is 0.0435. The minimum atomic E-state index is -1.09. The summed E-state index contributed by atoms with van der Waals surface area (Å²) < 4.78 is 5.30. The molecule has 0 radical (unpaired) electrons. The monoisotopic (exact) mass is 306 g/mol. The van der Waals surface area contributed by atoms with Gasteiger partial charge in [-0.15, -0.1) is 0 Å². The summed E-state index contributed by atoms with van der Waals surface area (Å²) in [6, 6.07) is 3.81. The van der Waals surface area contributed by atoms with E-state index in [0.29, 0.717) is 12.8 Å². The Balaban J connectivity index is 1.93. The average Bonchev–Trinajstić information content (AvgIpc) is 3.04. The molecule has 1 fully saturated rings. The number of aryl methyl sites for hydroxylation is 1. The predicted molar refractivity (Wildman–Crippen MR) is 79.7 cm³/mol. The molecule has 0 unspecified atom stereocenters. The molecule has 0 aliphatic heterocycles. The SMILES string of the molecule is C[C@@H](CCc1ccco1)N(C)C(=O)[C@@H]1CCCC[C@@H]1C(=O)[O-]. The summed E-state index contributed by atoms with van der Waals surface area (Å²) >= 11 is 0. The van der Waals surface area contributed by atoms with Crippen LogP contribution in [0.15, 0.2) is 22.8 Å². The Hall–Kier alpha value is -1.78. The van der Waals surface area contributed by atoms with Crippen LogP contribution >= 0.6 is 0 Å². The van der Waals surface area contributed by atoms with E-state index in [0.717, 1.165) is 31.4 Å². The van der Waals surface area contributed by atoms with E-state index in [9.17, 15) is 14.7 Å². The summed E-state index contributed by atoms with van der Waals surface area (Å²) in [7, 11) is 1.76. The number of furan rings is 1. The van der Waals surface area contributed by atoms with Crippen LogP contribution in [0.2, 0.25) is 0 Å². The Morgan fingerprint density at radius 2 is 2.05 bits per heavy atom. The number of aliphatic carboxylic acids is 1. The van der Waals surface area contributed by atoms with Gasteiger partial charge in [-0.2, -0.15) is 0 Å². The Bertz CT molecular complexity index is 497. The third-order valence-corrected chi connectivity index (χ3v) is 4.78. The zero-order valence-electron chi connectivity index (χ0n) is 13.3. The standard InChI is InChI=1S/C17H25NO4/c1-12(9-10-13-6-5-11-22-13)18(2)16(19)14-7-3-4-8-15(14)17(20)21/h5-6,11-12,14-15H,3-4,7-10H2,1-2H3,(H,20,21)/p-1/t12-,14+,15-/m0/s1. The molecular formula is C17H24NO4-. The van der Waals surface area contributed by atoms with Crippen molar-refractivity contribution in [2.75, 3.05) is 7.05 Å². The normalized spacial score (nSPS) is 23.0. The van der Waals surface area contributed by atoms with Gasteiger partial charge in [-0.05, 0) is 38.3 Å². The lowest BCUT2D eigenvalue weighted by Crippen LogP contribution is -2.47. The van der Waals surface area contributed by atoms with E-state index in [1.165, 1.54) is 0 Å². The summed E-state index contributed by atoms with van der Waals surface area (Å²) in [5.41, 5.74) is 0. The van der Waals surface area contributed by atoms with Crippen molar-refractivity contribution in [2.24, 2.45) is 11.8 Å². The van der Waals surface area contributed by atoms with Gasteiger partial charge in [0, 0.05) is 37.3 Å². The number of hydrogen-bond donors (Lipinski definition) is 0. The molecule has 1 amide bonds. The maximum atomic E-state index is 12.6. The van der Waals surface area contributed by atoms with Crippen LogP contribution in [0, 0.1) is 11.8 Å². The van der Waals surface area contributed by atoms with E-state index in [1.54, 1.807) is 18.2 Å². The number of carbonyl (C=O) groups is 2. The molecule has 1 aliphatic rings. The van der Waals surface area contributed by atoms with Crippen molar-refractivity contribution < 1.29 is 19.1 Å². The van der Waals surface area contributed by atoms with E-state index in [1.807, 2.05) is 19.1 Å². The van der Waals surface area contributed by atoms with Gasteiger partial charge in [0.2, 0.25) is 5.91 Å². The smallest absolute Gasteiger partial charge is 0.226 e. The molecule has 3 atom stereocenters. The van der Waals surface area contributed by atoms with E-state index in [-0.39, 0.29) is 11.9 Å². The molecule has 1 aromatic rings. The molecule has 22 heavy (non-hydrogen) atoms. The summed E-state index contributed by atoms with van der Waals surface area (Å²) in [6.07, 6.45) is 6.16. The highest BCUT2D eigenvalue weighted by molar-refractivity contribution is 5.84. The van der Waals surface area contributed by atoms with Crippen molar-refractivity contribution in [1.82, 2.24) is 4.90 Å². The third kappa shape index (κ3) is 3.90. The fourth-order valence-corrected chi connectivity index (χ4v) is 3.19. The summed E-state index contributed by atoms with van der Waals surface area (Å²) in [5.74, 6) is -1.33. The van der Waals surface area contributed by atoms with E-state index in [4.69, 9.17) is 4.42 Å². The molecule has 0 aromatic carbocycles. The van der Waals surface area contributed by atoms with Gasteiger partial charge < -0.3 is 19.2 Å². The Morgan fingerprint density at radius 3 is 2.64 bits per heavy atom. The number of nitrogens with zero attached hydrogens (tertiary/aromatic N) is 1. The van der Waals surface area contributed by atoms with Crippen LogP contribution in [0.3, 0.4) is 0 Å². The van der Waals surface area contributed by atoms with Crippen molar-refractivity contribution in [3.63, 3.8) is 0 Å². The Labute approximate surface area is 131 Å². The van der Waals surface area contributed by atoms with Crippen LogP contribution in [-0.4, -0.2) is 29.9 Å². The number of carboxylic acids is 1. The van der Waals surface area contributed by atoms with Gasteiger partial charge >= 0.3 is 0 Å². The first-order valence-electron chi connectivity index (χ1n) is 8.00. The molecular weight excluding hydrogens is 282 g/mol. The molecule has 5 nitrogen and oxygen atoms in total. The lowest BCUT2D eigenvalue weighted by atomic mass is 9.78. The lowest BCUT2D eigenvalue weighted by molar-refractivity contribution is -0.314. The zero-order valence-corrected chi connectivity index (χ0v) is 13.3. The van der Waals surface area contributed by atoms with Crippen molar-refractivity contribution in [2.45, 2.75) is 51.5 Å². The number of hydrogen-bond acceptors (Lipinski definition) is 4. The van der Waals surface area contributed by atoms with Crippen LogP contribution in [0.25, 0.3) is 0 Å². The molecule has 2 rings (SSSR count). The number of carbonyl (C=O) groups excluding carboxylic acids is 2. The second-order valence-corrected chi connectivity index (χ2v) is 6.23. The maximum absolute atomic E-state index is 12.6. The summed E-state index contributed by atoms with van der Waals surface area (Å²) in [4.78, 5) is 25.6. The third-order valence-electron chi connectivity index (χ3n) is 4.78.